The van der Waals surface area contributed by atoms with Crippen LogP contribution < -0.4 is 4.74 Å². The molecule has 1 fully saturated rings. The van der Waals surface area contributed by atoms with Crippen LogP contribution in [-0.4, -0.2) is 53.2 Å². The van der Waals surface area contributed by atoms with E-state index in [2.05, 4.69) is 10.3 Å². The van der Waals surface area contributed by atoms with E-state index in [0.717, 1.165) is 5.75 Å². The molecule has 0 spiro atoms. The fourth-order valence-electron chi connectivity index (χ4n) is 2.30. The van der Waals surface area contributed by atoms with E-state index in [1.54, 1.807) is 17.1 Å². The van der Waals surface area contributed by atoms with Crippen molar-refractivity contribution in [1.82, 2.24) is 19.3 Å². The SMILES string of the molecule is O=S(=O)(CCCOc1ccccc1)N1CC(n2ccnn2)C1. The van der Waals surface area contributed by atoms with Crippen molar-refractivity contribution in [3.63, 3.8) is 0 Å². The monoisotopic (exact) mass is 322 g/mol. The molecular formula is C14H18N4O3S. The van der Waals surface area contributed by atoms with E-state index in [0.29, 0.717) is 26.1 Å². The van der Waals surface area contributed by atoms with Crippen LogP contribution in [0.4, 0.5) is 0 Å². The van der Waals surface area contributed by atoms with Gasteiger partial charge in [-0.15, -0.1) is 5.10 Å². The molecule has 7 nitrogen and oxygen atoms in total. The smallest absolute Gasteiger partial charge is 0.214 e. The fourth-order valence-corrected chi connectivity index (χ4v) is 3.84. The number of hydrogen-bond acceptors (Lipinski definition) is 5. The maximum atomic E-state index is 12.2. The van der Waals surface area contributed by atoms with Gasteiger partial charge in [0.15, 0.2) is 0 Å². The molecule has 1 saturated heterocycles. The maximum Gasteiger partial charge on any atom is 0.214 e. The average molecular weight is 322 g/mol. The van der Waals surface area contributed by atoms with Crippen LogP contribution in [0.15, 0.2) is 42.7 Å². The van der Waals surface area contributed by atoms with Gasteiger partial charge in [0.2, 0.25) is 10.0 Å². The van der Waals surface area contributed by atoms with Gasteiger partial charge in [-0.1, -0.05) is 23.4 Å². The zero-order valence-corrected chi connectivity index (χ0v) is 12.9. The van der Waals surface area contributed by atoms with Crippen molar-refractivity contribution in [3.05, 3.63) is 42.7 Å². The Balaban J connectivity index is 1.41. The molecule has 22 heavy (non-hydrogen) atoms. The first-order chi connectivity index (χ1) is 10.6. The molecule has 0 aliphatic carbocycles. The number of nitrogens with zero attached hydrogens (tertiary/aromatic N) is 4. The quantitative estimate of drug-likeness (QED) is 0.709. The number of aromatic nitrogens is 3. The third-order valence-corrected chi connectivity index (χ3v) is 5.49. The van der Waals surface area contributed by atoms with Gasteiger partial charge in [-0.05, 0) is 18.6 Å². The molecule has 0 bridgehead atoms. The second kappa shape index (κ2) is 6.45. The Bertz CT molecular complexity index is 682. The topological polar surface area (TPSA) is 77.3 Å². The van der Waals surface area contributed by atoms with Crippen molar-refractivity contribution >= 4 is 10.0 Å². The van der Waals surface area contributed by atoms with Gasteiger partial charge in [0, 0.05) is 19.3 Å². The lowest BCUT2D eigenvalue weighted by Gasteiger charge is -2.37. The lowest BCUT2D eigenvalue weighted by molar-refractivity contribution is 0.188. The molecule has 0 unspecified atom stereocenters. The maximum absolute atomic E-state index is 12.2. The van der Waals surface area contributed by atoms with Crippen LogP contribution in [-0.2, 0) is 10.0 Å². The molecule has 0 N–H and O–H groups in total. The zero-order chi connectivity index (χ0) is 15.4. The van der Waals surface area contributed by atoms with Gasteiger partial charge in [-0.25, -0.2) is 13.1 Å². The van der Waals surface area contributed by atoms with Gasteiger partial charge in [-0.3, -0.25) is 0 Å². The summed E-state index contributed by atoms with van der Waals surface area (Å²) in [6.07, 6.45) is 3.82. The fraction of sp³-hybridized carbons (Fsp3) is 0.429. The van der Waals surface area contributed by atoms with Gasteiger partial charge < -0.3 is 4.74 Å². The lowest BCUT2D eigenvalue weighted by atomic mass is 10.2. The minimum Gasteiger partial charge on any atom is -0.494 e. The van der Waals surface area contributed by atoms with Crippen LogP contribution in [0.5, 0.6) is 5.75 Å². The number of rotatable bonds is 7. The van der Waals surface area contributed by atoms with Gasteiger partial charge in [0.25, 0.3) is 0 Å². The molecule has 0 radical (unpaired) electrons. The number of para-hydroxylation sites is 1. The first-order valence-corrected chi connectivity index (χ1v) is 8.77. The Hall–Kier alpha value is -1.93. The Morgan fingerprint density at radius 3 is 2.68 bits per heavy atom. The summed E-state index contributed by atoms with van der Waals surface area (Å²) in [5.41, 5.74) is 0. The van der Waals surface area contributed by atoms with Crippen molar-refractivity contribution in [1.29, 1.82) is 0 Å². The van der Waals surface area contributed by atoms with E-state index in [4.69, 9.17) is 4.74 Å². The third kappa shape index (κ3) is 3.45. The van der Waals surface area contributed by atoms with Crippen molar-refractivity contribution in [2.75, 3.05) is 25.4 Å². The van der Waals surface area contributed by atoms with Gasteiger partial charge >= 0.3 is 0 Å². The molecule has 0 saturated carbocycles. The largest absolute Gasteiger partial charge is 0.494 e. The summed E-state index contributed by atoms with van der Waals surface area (Å²) in [6, 6.07) is 9.48. The molecule has 0 amide bonds. The minimum absolute atomic E-state index is 0.0952. The second-order valence-electron chi connectivity index (χ2n) is 5.18. The molecule has 1 aliphatic rings. The normalized spacial score (nSPS) is 16.4. The number of hydrogen-bond donors (Lipinski definition) is 0. The molecule has 8 heteroatoms. The second-order valence-corrected chi connectivity index (χ2v) is 7.27. The van der Waals surface area contributed by atoms with Crippen molar-refractivity contribution < 1.29 is 13.2 Å². The van der Waals surface area contributed by atoms with Crippen molar-refractivity contribution in [2.24, 2.45) is 0 Å². The summed E-state index contributed by atoms with van der Waals surface area (Å²) >= 11 is 0. The molecule has 2 aromatic rings. The standard InChI is InChI=1S/C14H18N4O3S/c19-22(20,10-4-9-21-14-5-2-1-3-6-14)17-11-13(12-17)18-8-7-15-16-18/h1-3,5-8,13H,4,9-12H2. The lowest BCUT2D eigenvalue weighted by Crippen LogP contribution is -2.51. The van der Waals surface area contributed by atoms with Crippen LogP contribution >= 0.6 is 0 Å². The van der Waals surface area contributed by atoms with Crippen molar-refractivity contribution in [3.8, 4) is 5.75 Å². The molecule has 0 atom stereocenters. The van der Waals surface area contributed by atoms with Gasteiger partial charge in [0.1, 0.15) is 5.75 Å². The van der Waals surface area contributed by atoms with Gasteiger partial charge in [-0.2, -0.15) is 4.31 Å². The Morgan fingerprint density at radius 2 is 2.00 bits per heavy atom. The summed E-state index contributed by atoms with van der Waals surface area (Å²) in [6.45, 7) is 1.32. The van der Waals surface area contributed by atoms with E-state index in [1.165, 1.54) is 4.31 Å². The van der Waals surface area contributed by atoms with E-state index >= 15 is 0 Å². The highest BCUT2D eigenvalue weighted by Crippen LogP contribution is 2.23. The Morgan fingerprint density at radius 1 is 1.23 bits per heavy atom. The van der Waals surface area contributed by atoms with Gasteiger partial charge in [0.05, 0.1) is 24.6 Å². The van der Waals surface area contributed by atoms with E-state index in [1.807, 2.05) is 30.3 Å². The molecule has 1 aliphatic heterocycles. The molecule has 2 heterocycles. The molecule has 3 rings (SSSR count). The first-order valence-electron chi connectivity index (χ1n) is 7.16. The van der Waals surface area contributed by atoms with Crippen LogP contribution in [0, 0.1) is 0 Å². The summed E-state index contributed by atoms with van der Waals surface area (Å²) < 4.78 is 33.0. The van der Waals surface area contributed by atoms with Crippen molar-refractivity contribution in [2.45, 2.75) is 12.5 Å². The van der Waals surface area contributed by atoms with Crippen LogP contribution in [0.1, 0.15) is 12.5 Å². The van der Waals surface area contributed by atoms with Crippen LogP contribution in [0.25, 0.3) is 0 Å². The molecular weight excluding hydrogens is 304 g/mol. The minimum atomic E-state index is -3.21. The number of sulfonamides is 1. The number of benzene rings is 1. The highest BCUT2D eigenvalue weighted by Gasteiger charge is 2.36. The predicted octanol–water partition coefficient (Wildman–Crippen LogP) is 0.934. The zero-order valence-electron chi connectivity index (χ0n) is 12.1. The van der Waals surface area contributed by atoms with E-state index in [9.17, 15) is 8.42 Å². The molecule has 118 valence electrons. The first kappa shape index (κ1) is 15.0. The summed E-state index contributed by atoms with van der Waals surface area (Å²) in [7, 11) is -3.21. The third-order valence-electron chi connectivity index (χ3n) is 3.60. The van der Waals surface area contributed by atoms with Crippen LogP contribution in [0.2, 0.25) is 0 Å². The Kier molecular flexibility index (Phi) is 4.39. The summed E-state index contributed by atoms with van der Waals surface area (Å²) in [5, 5.41) is 7.62. The molecule has 1 aromatic carbocycles. The van der Waals surface area contributed by atoms with E-state index < -0.39 is 10.0 Å². The number of ether oxygens (including phenoxy) is 1. The molecule has 1 aromatic heterocycles. The Labute approximate surface area is 129 Å². The highest BCUT2D eigenvalue weighted by atomic mass is 32.2. The summed E-state index contributed by atoms with van der Waals surface area (Å²) in [5.74, 6) is 0.860. The highest BCUT2D eigenvalue weighted by molar-refractivity contribution is 7.89. The van der Waals surface area contributed by atoms with E-state index in [-0.39, 0.29) is 11.8 Å². The predicted molar refractivity (Wildman–Crippen MR) is 81.0 cm³/mol. The average Bonchev–Trinajstić information content (AvgIpc) is 2.97. The summed E-state index contributed by atoms with van der Waals surface area (Å²) in [4.78, 5) is 0. The van der Waals surface area contributed by atoms with Crippen LogP contribution in [0.3, 0.4) is 0 Å².